The highest BCUT2D eigenvalue weighted by Crippen LogP contribution is 2.14. The highest BCUT2D eigenvalue weighted by Gasteiger charge is 2.13. The molecule has 1 aliphatic heterocycles. The Morgan fingerprint density at radius 2 is 2.43 bits per heavy atom. The van der Waals surface area contributed by atoms with Crippen LogP contribution in [0.25, 0.3) is 0 Å². The summed E-state index contributed by atoms with van der Waals surface area (Å²) in [6, 6.07) is 0. The molecule has 14 heavy (non-hydrogen) atoms. The Balaban J connectivity index is 2.07. The molecule has 1 rings (SSSR count). The smallest absolute Gasteiger partial charge is 0.157 e. The van der Waals surface area contributed by atoms with Crippen LogP contribution in [0, 0.1) is 0 Å². The van der Waals surface area contributed by atoms with E-state index >= 15 is 0 Å². The molecule has 1 saturated heterocycles. The zero-order valence-electron chi connectivity index (χ0n) is 9.00. The quantitative estimate of drug-likeness (QED) is 0.629. The van der Waals surface area contributed by atoms with Gasteiger partial charge in [0.25, 0.3) is 0 Å². The van der Waals surface area contributed by atoms with Gasteiger partial charge in [-0.15, -0.1) is 0 Å². The average molecular weight is 196 g/mol. The van der Waals surface area contributed by atoms with Crippen LogP contribution in [0.3, 0.4) is 0 Å². The van der Waals surface area contributed by atoms with Crippen LogP contribution in [0.4, 0.5) is 0 Å². The molecular formula is C12H20O2. The van der Waals surface area contributed by atoms with Crippen molar-refractivity contribution in [3.63, 3.8) is 0 Å². The summed E-state index contributed by atoms with van der Waals surface area (Å²) < 4.78 is 11.1. The second kappa shape index (κ2) is 6.80. The van der Waals surface area contributed by atoms with E-state index in [1.54, 1.807) is 0 Å². The van der Waals surface area contributed by atoms with Crippen LogP contribution < -0.4 is 0 Å². The van der Waals surface area contributed by atoms with Crippen molar-refractivity contribution >= 4 is 0 Å². The summed E-state index contributed by atoms with van der Waals surface area (Å²) in [5.74, 6) is 0. The maximum atomic E-state index is 5.60. The van der Waals surface area contributed by atoms with Crippen molar-refractivity contribution in [3.8, 4) is 0 Å². The highest BCUT2D eigenvalue weighted by atomic mass is 16.7. The molecule has 0 spiro atoms. The molecular weight excluding hydrogens is 176 g/mol. The van der Waals surface area contributed by atoms with Gasteiger partial charge in [-0.25, -0.2) is 0 Å². The molecule has 0 N–H and O–H groups in total. The summed E-state index contributed by atoms with van der Waals surface area (Å²) >= 11 is 0. The third kappa shape index (κ3) is 4.58. The lowest BCUT2D eigenvalue weighted by molar-refractivity contribution is -0.161. The lowest BCUT2D eigenvalue weighted by Crippen LogP contribution is -2.22. The molecule has 0 radical (unpaired) electrons. The Hall–Kier alpha value is -0.600. The molecule has 0 aromatic heterocycles. The van der Waals surface area contributed by atoms with Crippen molar-refractivity contribution in [1.82, 2.24) is 0 Å². The van der Waals surface area contributed by atoms with Crippen LogP contribution in [0.2, 0.25) is 0 Å². The van der Waals surface area contributed by atoms with Crippen molar-refractivity contribution in [1.29, 1.82) is 0 Å². The fourth-order valence-corrected chi connectivity index (χ4v) is 1.48. The van der Waals surface area contributed by atoms with Crippen LogP contribution in [0.1, 0.15) is 32.6 Å². The van der Waals surface area contributed by atoms with Crippen LogP contribution >= 0.6 is 0 Å². The normalized spacial score (nSPS) is 23.5. The van der Waals surface area contributed by atoms with Gasteiger partial charge in [-0.3, -0.25) is 0 Å². The van der Waals surface area contributed by atoms with Crippen LogP contribution in [0.15, 0.2) is 24.3 Å². The molecule has 2 heteroatoms. The minimum Gasteiger partial charge on any atom is -0.353 e. The average Bonchev–Trinajstić information content (AvgIpc) is 2.20. The molecule has 2 nitrogen and oxygen atoms in total. The lowest BCUT2D eigenvalue weighted by Gasteiger charge is -2.22. The van der Waals surface area contributed by atoms with Gasteiger partial charge >= 0.3 is 0 Å². The maximum absolute atomic E-state index is 5.60. The molecule has 0 aliphatic carbocycles. The maximum Gasteiger partial charge on any atom is 0.157 e. The van der Waals surface area contributed by atoms with E-state index in [2.05, 4.69) is 13.5 Å². The molecule has 80 valence electrons. The largest absolute Gasteiger partial charge is 0.353 e. The lowest BCUT2D eigenvalue weighted by atomic mass is 10.2. The van der Waals surface area contributed by atoms with Gasteiger partial charge in [0.05, 0.1) is 6.61 Å². The summed E-state index contributed by atoms with van der Waals surface area (Å²) in [4.78, 5) is 0. The summed E-state index contributed by atoms with van der Waals surface area (Å²) in [6.07, 6.45) is 8.29. The Morgan fingerprint density at radius 3 is 3.07 bits per heavy atom. The van der Waals surface area contributed by atoms with Crippen molar-refractivity contribution in [2.45, 2.75) is 38.9 Å². The third-order valence-corrected chi connectivity index (χ3v) is 2.34. The molecule has 0 aromatic rings. The predicted octanol–water partition coefficient (Wildman–Crippen LogP) is 3.05. The first-order chi connectivity index (χ1) is 6.83. The summed E-state index contributed by atoms with van der Waals surface area (Å²) in [5.41, 5.74) is 1.30. The number of rotatable bonds is 5. The summed E-state index contributed by atoms with van der Waals surface area (Å²) in [5, 5.41) is 0. The second-order valence-electron chi connectivity index (χ2n) is 3.67. The second-order valence-corrected chi connectivity index (χ2v) is 3.67. The molecule has 1 heterocycles. The van der Waals surface area contributed by atoms with Crippen LogP contribution in [-0.2, 0) is 9.47 Å². The van der Waals surface area contributed by atoms with E-state index in [0.29, 0.717) is 0 Å². The predicted molar refractivity (Wildman–Crippen MR) is 58.1 cm³/mol. The van der Waals surface area contributed by atoms with Gasteiger partial charge in [0.2, 0.25) is 0 Å². The SMILES string of the molecule is C=C/C=C(\C)CCOC1CCCCO1. The molecule has 1 aliphatic rings. The Labute approximate surface area is 86.6 Å². The molecule has 0 bridgehead atoms. The molecule has 0 saturated carbocycles. The van der Waals surface area contributed by atoms with Gasteiger partial charge in [-0.1, -0.05) is 24.3 Å². The monoisotopic (exact) mass is 196 g/mol. The van der Waals surface area contributed by atoms with E-state index in [4.69, 9.17) is 9.47 Å². The zero-order chi connectivity index (χ0) is 10.2. The number of allylic oxidation sites excluding steroid dienone is 2. The van der Waals surface area contributed by atoms with Gasteiger partial charge in [0, 0.05) is 6.61 Å². The van der Waals surface area contributed by atoms with Gasteiger partial charge < -0.3 is 9.47 Å². The molecule has 1 fully saturated rings. The van der Waals surface area contributed by atoms with Gasteiger partial charge in [-0.05, 0) is 32.6 Å². The van der Waals surface area contributed by atoms with Gasteiger partial charge in [-0.2, -0.15) is 0 Å². The van der Waals surface area contributed by atoms with Crippen molar-refractivity contribution < 1.29 is 9.47 Å². The Morgan fingerprint density at radius 1 is 1.57 bits per heavy atom. The van der Waals surface area contributed by atoms with E-state index in [1.165, 1.54) is 18.4 Å². The Kier molecular flexibility index (Phi) is 5.57. The van der Waals surface area contributed by atoms with E-state index in [0.717, 1.165) is 26.1 Å². The number of ether oxygens (including phenoxy) is 2. The fourth-order valence-electron chi connectivity index (χ4n) is 1.48. The first-order valence-corrected chi connectivity index (χ1v) is 5.34. The van der Waals surface area contributed by atoms with Gasteiger partial charge in [0.1, 0.15) is 0 Å². The van der Waals surface area contributed by atoms with E-state index < -0.39 is 0 Å². The van der Waals surface area contributed by atoms with Crippen molar-refractivity contribution in [3.05, 3.63) is 24.3 Å². The molecule has 0 aromatic carbocycles. The number of hydrogen-bond donors (Lipinski definition) is 0. The Bertz CT molecular complexity index is 190. The van der Waals surface area contributed by atoms with Crippen LogP contribution in [-0.4, -0.2) is 19.5 Å². The highest BCUT2D eigenvalue weighted by molar-refractivity contribution is 5.07. The van der Waals surface area contributed by atoms with Crippen molar-refractivity contribution in [2.24, 2.45) is 0 Å². The van der Waals surface area contributed by atoms with Crippen molar-refractivity contribution in [2.75, 3.05) is 13.2 Å². The van der Waals surface area contributed by atoms with Crippen LogP contribution in [0.5, 0.6) is 0 Å². The van der Waals surface area contributed by atoms with E-state index in [1.807, 2.05) is 12.2 Å². The van der Waals surface area contributed by atoms with E-state index in [-0.39, 0.29) is 6.29 Å². The molecule has 0 amide bonds. The van der Waals surface area contributed by atoms with E-state index in [9.17, 15) is 0 Å². The zero-order valence-corrected chi connectivity index (χ0v) is 9.00. The molecule has 1 atom stereocenters. The first kappa shape index (κ1) is 11.5. The third-order valence-electron chi connectivity index (χ3n) is 2.34. The van der Waals surface area contributed by atoms with Gasteiger partial charge in [0.15, 0.2) is 6.29 Å². The number of hydrogen-bond acceptors (Lipinski definition) is 2. The summed E-state index contributed by atoms with van der Waals surface area (Å²) in [7, 11) is 0. The molecule has 1 unspecified atom stereocenters. The summed E-state index contributed by atoms with van der Waals surface area (Å²) in [6.45, 7) is 7.35. The first-order valence-electron chi connectivity index (χ1n) is 5.34. The minimum absolute atomic E-state index is 0.0419. The fraction of sp³-hybridized carbons (Fsp3) is 0.667. The standard InChI is InChI=1S/C12H20O2/c1-3-6-11(2)8-10-14-12-7-4-5-9-13-12/h3,6,12H,1,4-5,7-10H2,2H3/b11-6+. The topological polar surface area (TPSA) is 18.5 Å². The minimum atomic E-state index is 0.0419.